The van der Waals surface area contributed by atoms with Crippen LogP contribution in [0.1, 0.15) is 31.2 Å². The van der Waals surface area contributed by atoms with E-state index >= 15 is 0 Å². The highest BCUT2D eigenvalue weighted by molar-refractivity contribution is 5.78. The number of aromatic nitrogens is 1. The van der Waals surface area contributed by atoms with E-state index in [0.717, 1.165) is 50.5 Å². The predicted octanol–water partition coefficient (Wildman–Crippen LogP) is 3.49. The number of hydrogen-bond acceptors (Lipinski definition) is 3. The fourth-order valence-corrected chi connectivity index (χ4v) is 3.77. The van der Waals surface area contributed by atoms with Crippen LogP contribution in [0.25, 0.3) is 11.1 Å². The number of likely N-dealkylation sites (tertiary alicyclic amines) is 1. The number of hydrogen-bond donors (Lipinski definition) is 1. The summed E-state index contributed by atoms with van der Waals surface area (Å²) in [7, 11) is 0. The second-order valence-corrected chi connectivity index (χ2v) is 7.64. The molecule has 1 aliphatic heterocycles. The van der Waals surface area contributed by atoms with Crippen molar-refractivity contribution in [1.29, 1.82) is 0 Å². The molecule has 2 aromatic rings. The Hall–Kier alpha value is -2.20. The number of piperidine rings is 1. The van der Waals surface area contributed by atoms with Crippen molar-refractivity contribution in [3.8, 4) is 11.1 Å². The van der Waals surface area contributed by atoms with Gasteiger partial charge in [-0.15, -0.1) is 0 Å². The van der Waals surface area contributed by atoms with Crippen LogP contribution < -0.4 is 5.32 Å². The molecule has 1 aliphatic carbocycles. The molecule has 1 aromatic heterocycles. The summed E-state index contributed by atoms with van der Waals surface area (Å²) in [4.78, 5) is 19.0. The molecule has 0 radical (unpaired) electrons. The molecule has 2 heterocycles. The van der Waals surface area contributed by atoms with E-state index in [1.165, 1.54) is 24.0 Å². The van der Waals surface area contributed by atoms with Crippen LogP contribution in [0.4, 0.5) is 0 Å². The number of nitrogens with zero attached hydrogens (tertiary/aromatic N) is 2. The van der Waals surface area contributed by atoms with Crippen molar-refractivity contribution >= 4 is 5.91 Å². The van der Waals surface area contributed by atoms with Gasteiger partial charge in [-0.2, -0.15) is 0 Å². The van der Waals surface area contributed by atoms with Crippen LogP contribution in [0.3, 0.4) is 0 Å². The lowest BCUT2D eigenvalue weighted by Crippen LogP contribution is -2.40. The molecular formula is C22H27N3O. The highest BCUT2D eigenvalue weighted by atomic mass is 16.1. The Morgan fingerprint density at radius 1 is 1.08 bits per heavy atom. The summed E-state index contributed by atoms with van der Waals surface area (Å²) in [6.07, 6.45) is 8.24. The van der Waals surface area contributed by atoms with E-state index in [-0.39, 0.29) is 11.8 Å². The van der Waals surface area contributed by atoms with Crippen molar-refractivity contribution in [2.75, 3.05) is 19.6 Å². The van der Waals surface area contributed by atoms with Crippen molar-refractivity contribution < 1.29 is 4.79 Å². The molecule has 26 heavy (non-hydrogen) atoms. The molecule has 1 amide bonds. The maximum absolute atomic E-state index is 12.3. The number of rotatable bonds is 6. The smallest absolute Gasteiger partial charge is 0.223 e. The van der Waals surface area contributed by atoms with Gasteiger partial charge in [0.2, 0.25) is 5.91 Å². The van der Waals surface area contributed by atoms with E-state index in [1.54, 1.807) is 0 Å². The van der Waals surface area contributed by atoms with Crippen LogP contribution in [0, 0.1) is 11.8 Å². The number of benzene rings is 1. The molecule has 2 fully saturated rings. The Balaban J connectivity index is 1.34. The third-order valence-corrected chi connectivity index (χ3v) is 5.60. The van der Waals surface area contributed by atoms with Gasteiger partial charge in [0.25, 0.3) is 0 Å². The summed E-state index contributed by atoms with van der Waals surface area (Å²) in [5.41, 5.74) is 3.75. The molecule has 4 rings (SSSR count). The zero-order chi connectivity index (χ0) is 17.8. The average molecular weight is 349 g/mol. The predicted molar refractivity (Wildman–Crippen MR) is 103 cm³/mol. The second-order valence-electron chi connectivity index (χ2n) is 7.64. The Morgan fingerprint density at radius 2 is 1.88 bits per heavy atom. The van der Waals surface area contributed by atoms with Crippen LogP contribution in [0.15, 0.2) is 48.8 Å². The maximum atomic E-state index is 12.3. The second kappa shape index (κ2) is 8.00. The Labute approximate surface area is 155 Å². The zero-order valence-electron chi connectivity index (χ0n) is 15.2. The van der Waals surface area contributed by atoms with E-state index in [4.69, 9.17) is 0 Å². The maximum Gasteiger partial charge on any atom is 0.223 e. The van der Waals surface area contributed by atoms with Gasteiger partial charge in [-0.3, -0.25) is 14.7 Å². The van der Waals surface area contributed by atoms with Crippen LogP contribution in [0.2, 0.25) is 0 Å². The lowest BCUT2D eigenvalue weighted by molar-refractivity contribution is -0.126. The molecule has 0 unspecified atom stereocenters. The van der Waals surface area contributed by atoms with Crippen molar-refractivity contribution in [3.63, 3.8) is 0 Å². The van der Waals surface area contributed by atoms with Gasteiger partial charge in [0.1, 0.15) is 0 Å². The fourth-order valence-electron chi connectivity index (χ4n) is 3.77. The highest BCUT2D eigenvalue weighted by Gasteiger charge is 2.27. The van der Waals surface area contributed by atoms with Gasteiger partial charge in [0, 0.05) is 37.0 Å². The Bertz CT molecular complexity index is 734. The number of carbonyl (C=O) groups excluding carboxylic acids is 1. The summed E-state index contributed by atoms with van der Waals surface area (Å²) in [5.74, 6) is 1.22. The molecule has 0 atom stereocenters. The van der Waals surface area contributed by atoms with Crippen LogP contribution in [0.5, 0.6) is 0 Å². The number of carbonyl (C=O) groups is 1. The molecule has 136 valence electrons. The van der Waals surface area contributed by atoms with Crippen LogP contribution in [-0.4, -0.2) is 35.4 Å². The van der Waals surface area contributed by atoms with E-state index in [0.29, 0.717) is 0 Å². The van der Waals surface area contributed by atoms with Gasteiger partial charge < -0.3 is 5.32 Å². The van der Waals surface area contributed by atoms with Gasteiger partial charge in [-0.25, -0.2) is 0 Å². The quantitative estimate of drug-likeness (QED) is 0.868. The van der Waals surface area contributed by atoms with E-state index < -0.39 is 0 Å². The van der Waals surface area contributed by atoms with Crippen molar-refractivity contribution in [3.05, 3.63) is 54.4 Å². The SMILES string of the molecule is O=C(NCC1CC1)C1CCN(Cc2ccccc2-c2cccnc2)CC1. The first-order valence-electron chi connectivity index (χ1n) is 9.78. The first-order chi connectivity index (χ1) is 12.8. The van der Waals surface area contributed by atoms with Gasteiger partial charge in [0.05, 0.1) is 0 Å². The molecule has 1 saturated carbocycles. The summed E-state index contributed by atoms with van der Waals surface area (Å²) < 4.78 is 0. The van der Waals surface area contributed by atoms with Crippen molar-refractivity contribution in [1.82, 2.24) is 15.2 Å². The molecule has 0 bridgehead atoms. The first kappa shape index (κ1) is 17.2. The zero-order valence-corrected chi connectivity index (χ0v) is 15.2. The standard InChI is InChI=1S/C22H27N3O/c26-22(24-14-17-7-8-17)18-9-12-25(13-10-18)16-20-4-1-2-6-21(20)19-5-3-11-23-15-19/h1-6,11,15,17-18H,7-10,12-14,16H2,(H,24,26). The van der Waals surface area contributed by atoms with Gasteiger partial charge in [0.15, 0.2) is 0 Å². The summed E-state index contributed by atoms with van der Waals surface area (Å²) in [5, 5.41) is 3.15. The fraction of sp³-hybridized carbons (Fsp3) is 0.455. The third-order valence-electron chi connectivity index (χ3n) is 5.60. The molecule has 0 spiro atoms. The van der Waals surface area contributed by atoms with Crippen molar-refractivity contribution in [2.24, 2.45) is 11.8 Å². The van der Waals surface area contributed by atoms with Crippen molar-refractivity contribution in [2.45, 2.75) is 32.2 Å². The van der Waals surface area contributed by atoms with E-state index in [1.807, 2.05) is 18.5 Å². The minimum absolute atomic E-state index is 0.193. The molecule has 1 aromatic carbocycles. The van der Waals surface area contributed by atoms with Gasteiger partial charge in [-0.1, -0.05) is 30.3 Å². The topological polar surface area (TPSA) is 45.2 Å². The minimum Gasteiger partial charge on any atom is -0.356 e. The Kier molecular flexibility index (Phi) is 5.30. The normalized spacial score (nSPS) is 18.6. The molecule has 1 N–H and O–H groups in total. The largest absolute Gasteiger partial charge is 0.356 e. The Morgan fingerprint density at radius 3 is 2.62 bits per heavy atom. The average Bonchev–Trinajstić information content (AvgIpc) is 3.52. The molecule has 2 aliphatic rings. The van der Waals surface area contributed by atoms with Crippen LogP contribution in [-0.2, 0) is 11.3 Å². The molecule has 4 nitrogen and oxygen atoms in total. The van der Waals surface area contributed by atoms with E-state index in [9.17, 15) is 4.79 Å². The lowest BCUT2D eigenvalue weighted by Gasteiger charge is -2.31. The minimum atomic E-state index is 0.193. The number of pyridine rings is 1. The van der Waals surface area contributed by atoms with Gasteiger partial charge >= 0.3 is 0 Å². The first-order valence-corrected chi connectivity index (χ1v) is 9.78. The monoisotopic (exact) mass is 349 g/mol. The summed E-state index contributed by atoms with van der Waals surface area (Å²) >= 11 is 0. The summed E-state index contributed by atoms with van der Waals surface area (Å²) in [6.45, 7) is 3.80. The lowest BCUT2D eigenvalue weighted by atomic mass is 9.94. The van der Waals surface area contributed by atoms with Gasteiger partial charge in [-0.05, 0) is 61.9 Å². The number of amides is 1. The van der Waals surface area contributed by atoms with E-state index in [2.05, 4.69) is 45.5 Å². The highest BCUT2D eigenvalue weighted by Crippen LogP contribution is 2.28. The molecule has 1 saturated heterocycles. The number of nitrogens with one attached hydrogen (secondary N) is 1. The van der Waals surface area contributed by atoms with Crippen LogP contribution >= 0.6 is 0 Å². The summed E-state index contributed by atoms with van der Waals surface area (Å²) in [6, 6.07) is 12.7. The third kappa shape index (κ3) is 4.31. The molecular weight excluding hydrogens is 322 g/mol. The molecule has 4 heteroatoms.